The topological polar surface area (TPSA) is 64.4 Å². The first-order chi connectivity index (χ1) is 15.1. The van der Waals surface area contributed by atoms with E-state index in [1.54, 1.807) is 25.3 Å². The number of methoxy groups -OCH3 is 1. The van der Waals surface area contributed by atoms with Gasteiger partial charge in [-0.1, -0.05) is 30.3 Å². The summed E-state index contributed by atoms with van der Waals surface area (Å²) in [5, 5.41) is 5.07. The third kappa shape index (κ3) is 3.78. The van der Waals surface area contributed by atoms with Crippen LogP contribution in [0.15, 0.2) is 87.8 Å². The maximum Gasteiger partial charge on any atom is 0.255 e. The van der Waals surface area contributed by atoms with Crippen molar-refractivity contribution in [2.75, 3.05) is 12.4 Å². The van der Waals surface area contributed by atoms with Crippen molar-refractivity contribution in [1.82, 2.24) is 4.98 Å². The van der Waals surface area contributed by atoms with Crippen LogP contribution >= 0.6 is 15.9 Å². The summed E-state index contributed by atoms with van der Waals surface area (Å²) in [6, 6.07) is 24.7. The second kappa shape index (κ2) is 7.89. The molecule has 6 heteroatoms. The summed E-state index contributed by atoms with van der Waals surface area (Å²) in [5.41, 5.74) is 3.39. The molecular formula is C25H17BrN2O3. The van der Waals surface area contributed by atoms with Crippen molar-refractivity contribution in [1.29, 1.82) is 0 Å². The summed E-state index contributed by atoms with van der Waals surface area (Å²) in [6.45, 7) is 0. The Bertz CT molecular complexity index is 1440. The number of halogens is 1. The zero-order valence-corrected chi connectivity index (χ0v) is 18.1. The van der Waals surface area contributed by atoms with Gasteiger partial charge >= 0.3 is 0 Å². The van der Waals surface area contributed by atoms with Gasteiger partial charge in [-0.2, -0.15) is 0 Å². The van der Waals surface area contributed by atoms with Gasteiger partial charge in [-0.15, -0.1) is 0 Å². The van der Waals surface area contributed by atoms with E-state index in [0.29, 0.717) is 28.2 Å². The van der Waals surface area contributed by atoms with E-state index in [1.807, 2.05) is 60.7 Å². The van der Waals surface area contributed by atoms with E-state index in [-0.39, 0.29) is 5.91 Å². The van der Waals surface area contributed by atoms with E-state index < -0.39 is 0 Å². The summed E-state index contributed by atoms with van der Waals surface area (Å²) in [4.78, 5) is 17.3. The number of aromatic nitrogens is 1. The molecule has 4 aromatic carbocycles. The average molecular weight is 473 g/mol. The van der Waals surface area contributed by atoms with Crippen LogP contribution in [0.4, 0.5) is 5.69 Å². The molecule has 0 saturated carbocycles. The van der Waals surface area contributed by atoms with E-state index in [2.05, 4.69) is 26.2 Å². The summed E-state index contributed by atoms with van der Waals surface area (Å²) in [6.07, 6.45) is 0. The SMILES string of the molecule is COc1ccc(-c2nc3cc(NC(=O)c4ccc5ccccc5c4)ccc3o2)cc1Br. The van der Waals surface area contributed by atoms with E-state index >= 15 is 0 Å². The van der Waals surface area contributed by atoms with Crippen molar-refractivity contribution < 1.29 is 13.9 Å². The number of hydrogen-bond acceptors (Lipinski definition) is 4. The fourth-order valence-corrected chi connectivity index (χ4v) is 4.00. The number of anilines is 1. The molecule has 0 bridgehead atoms. The predicted molar refractivity (Wildman–Crippen MR) is 126 cm³/mol. The Kier molecular flexibility index (Phi) is 4.92. The van der Waals surface area contributed by atoms with Crippen LogP contribution in [0.2, 0.25) is 0 Å². The molecule has 0 aliphatic heterocycles. The van der Waals surface area contributed by atoms with Gasteiger partial charge in [0.1, 0.15) is 11.3 Å². The zero-order chi connectivity index (χ0) is 21.4. The highest BCUT2D eigenvalue weighted by Gasteiger charge is 2.13. The molecule has 0 saturated heterocycles. The molecule has 5 rings (SSSR count). The number of hydrogen-bond donors (Lipinski definition) is 1. The van der Waals surface area contributed by atoms with Gasteiger partial charge in [0.2, 0.25) is 5.89 Å². The van der Waals surface area contributed by atoms with Crippen LogP contribution in [0.5, 0.6) is 5.75 Å². The average Bonchev–Trinajstić information content (AvgIpc) is 3.22. The molecule has 0 unspecified atom stereocenters. The highest BCUT2D eigenvalue weighted by Crippen LogP contribution is 2.32. The summed E-state index contributed by atoms with van der Waals surface area (Å²) < 4.78 is 12.0. The fraction of sp³-hybridized carbons (Fsp3) is 0.0400. The third-order valence-electron chi connectivity index (χ3n) is 5.06. The molecule has 31 heavy (non-hydrogen) atoms. The Labute approximate surface area is 186 Å². The summed E-state index contributed by atoms with van der Waals surface area (Å²) in [7, 11) is 1.62. The molecule has 1 amide bonds. The zero-order valence-electron chi connectivity index (χ0n) is 16.6. The minimum absolute atomic E-state index is 0.173. The molecule has 0 aliphatic carbocycles. The van der Waals surface area contributed by atoms with Crippen LogP contribution in [0, 0.1) is 0 Å². The highest BCUT2D eigenvalue weighted by molar-refractivity contribution is 9.10. The molecule has 5 aromatic rings. The first-order valence-corrected chi connectivity index (χ1v) is 10.4. The standard InChI is InChI=1S/C25H17BrN2O3/c1-30-22-10-8-18(13-20(22)26)25-28-21-14-19(9-11-23(21)31-25)27-24(29)17-7-6-15-4-2-3-5-16(15)12-17/h2-14H,1H3,(H,27,29). The van der Waals surface area contributed by atoms with E-state index in [1.165, 1.54) is 0 Å². The minimum Gasteiger partial charge on any atom is -0.496 e. The lowest BCUT2D eigenvalue weighted by Gasteiger charge is -2.06. The van der Waals surface area contributed by atoms with Crippen molar-refractivity contribution in [3.05, 3.63) is 88.9 Å². The largest absolute Gasteiger partial charge is 0.496 e. The Balaban J connectivity index is 1.41. The lowest BCUT2D eigenvalue weighted by molar-refractivity contribution is 0.102. The number of fused-ring (bicyclic) bond motifs is 2. The number of oxazole rings is 1. The number of amides is 1. The van der Waals surface area contributed by atoms with Gasteiger partial charge in [0.15, 0.2) is 5.58 Å². The van der Waals surface area contributed by atoms with Crippen LogP contribution in [-0.4, -0.2) is 18.0 Å². The predicted octanol–water partition coefficient (Wildman–Crippen LogP) is 6.67. The van der Waals surface area contributed by atoms with Crippen molar-refractivity contribution in [3.8, 4) is 17.2 Å². The maximum absolute atomic E-state index is 12.7. The first-order valence-electron chi connectivity index (χ1n) is 9.65. The lowest BCUT2D eigenvalue weighted by atomic mass is 10.1. The monoisotopic (exact) mass is 472 g/mol. The molecule has 0 spiro atoms. The van der Waals surface area contributed by atoms with Gasteiger partial charge in [0, 0.05) is 16.8 Å². The molecular weight excluding hydrogens is 456 g/mol. The first kappa shape index (κ1) is 19.3. The third-order valence-corrected chi connectivity index (χ3v) is 5.68. The number of nitrogens with zero attached hydrogens (tertiary/aromatic N) is 1. The Morgan fingerprint density at radius 3 is 2.61 bits per heavy atom. The molecule has 5 nitrogen and oxygen atoms in total. The summed E-state index contributed by atoms with van der Waals surface area (Å²) in [5.74, 6) is 1.06. The molecule has 0 atom stereocenters. The Morgan fingerprint density at radius 2 is 1.81 bits per heavy atom. The Hall–Kier alpha value is -3.64. The number of rotatable bonds is 4. The molecule has 0 radical (unpaired) electrons. The van der Waals surface area contributed by atoms with Crippen molar-refractivity contribution in [3.63, 3.8) is 0 Å². The van der Waals surface area contributed by atoms with Gasteiger partial charge in [0.05, 0.1) is 11.6 Å². The van der Waals surface area contributed by atoms with Crippen LogP contribution in [-0.2, 0) is 0 Å². The second-order valence-corrected chi connectivity index (χ2v) is 7.92. The van der Waals surface area contributed by atoms with Crippen molar-refractivity contribution >= 4 is 49.4 Å². The van der Waals surface area contributed by atoms with Crippen molar-refractivity contribution in [2.24, 2.45) is 0 Å². The summed E-state index contributed by atoms with van der Waals surface area (Å²) >= 11 is 3.48. The van der Waals surface area contributed by atoms with Crippen LogP contribution in [0.3, 0.4) is 0 Å². The van der Waals surface area contributed by atoms with Gasteiger partial charge in [0.25, 0.3) is 5.91 Å². The second-order valence-electron chi connectivity index (χ2n) is 7.07. The normalized spacial score (nSPS) is 11.0. The van der Waals surface area contributed by atoms with Crippen LogP contribution in [0.25, 0.3) is 33.3 Å². The lowest BCUT2D eigenvalue weighted by Crippen LogP contribution is -2.11. The number of carbonyl (C=O) groups is 1. The molecule has 0 aliphatic rings. The number of ether oxygens (including phenoxy) is 1. The van der Waals surface area contributed by atoms with E-state index in [0.717, 1.165) is 26.6 Å². The van der Waals surface area contributed by atoms with Gasteiger partial charge in [-0.3, -0.25) is 4.79 Å². The molecule has 152 valence electrons. The van der Waals surface area contributed by atoms with Gasteiger partial charge in [-0.05, 0) is 75.2 Å². The minimum atomic E-state index is -0.173. The highest BCUT2D eigenvalue weighted by atomic mass is 79.9. The van der Waals surface area contributed by atoms with E-state index in [4.69, 9.17) is 9.15 Å². The molecule has 1 heterocycles. The maximum atomic E-state index is 12.7. The quantitative estimate of drug-likeness (QED) is 0.317. The molecule has 1 aromatic heterocycles. The van der Waals surface area contributed by atoms with Crippen LogP contribution in [0.1, 0.15) is 10.4 Å². The number of benzene rings is 4. The van der Waals surface area contributed by atoms with Crippen molar-refractivity contribution in [2.45, 2.75) is 0 Å². The van der Waals surface area contributed by atoms with Crippen LogP contribution < -0.4 is 10.1 Å². The Morgan fingerprint density at radius 1 is 0.968 bits per heavy atom. The fourth-order valence-electron chi connectivity index (χ4n) is 3.46. The smallest absolute Gasteiger partial charge is 0.255 e. The van der Waals surface area contributed by atoms with Gasteiger partial charge < -0.3 is 14.5 Å². The van der Waals surface area contributed by atoms with Gasteiger partial charge in [-0.25, -0.2) is 4.98 Å². The number of carbonyl (C=O) groups excluding carboxylic acids is 1. The van der Waals surface area contributed by atoms with E-state index in [9.17, 15) is 4.79 Å². The molecule has 1 N–H and O–H groups in total. The molecule has 0 fully saturated rings. The number of nitrogens with one attached hydrogen (secondary N) is 1.